The van der Waals surface area contributed by atoms with Crippen LogP contribution in [0.25, 0.3) is 0 Å². The molecule has 0 radical (unpaired) electrons. The molecule has 0 saturated carbocycles. The Morgan fingerprint density at radius 3 is 2.48 bits per heavy atom. The van der Waals surface area contributed by atoms with Gasteiger partial charge in [0.25, 0.3) is 0 Å². The number of aryl methyl sites for hydroxylation is 1. The van der Waals surface area contributed by atoms with E-state index in [9.17, 15) is 19.2 Å². The van der Waals surface area contributed by atoms with Crippen LogP contribution in [-0.2, 0) is 19.2 Å². The Labute approximate surface area is 170 Å². The van der Waals surface area contributed by atoms with Gasteiger partial charge in [-0.25, -0.2) is 0 Å². The number of hydrogen-bond acceptors (Lipinski definition) is 5. The van der Waals surface area contributed by atoms with Crippen LogP contribution < -0.4 is 10.6 Å². The Balaban J connectivity index is 1.58. The van der Waals surface area contributed by atoms with Crippen molar-refractivity contribution in [2.45, 2.75) is 19.4 Å². The normalized spacial score (nSPS) is 20.2. The first-order valence-corrected chi connectivity index (χ1v) is 9.81. The SMILES string of the molecule is Cc1ccc(NC(=O)C[C@H]2C(=O)NCCN2C(=O)CN2CCN(C=O)CC2)cc1. The average Bonchev–Trinajstić information content (AvgIpc) is 2.71. The fraction of sp³-hybridized carbons (Fsp3) is 0.500. The van der Waals surface area contributed by atoms with Gasteiger partial charge >= 0.3 is 0 Å². The van der Waals surface area contributed by atoms with Crippen LogP contribution in [-0.4, -0.2) is 90.7 Å². The van der Waals surface area contributed by atoms with E-state index in [2.05, 4.69) is 10.6 Å². The Morgan fingerprint density at radius 2 is 1.83 bits per heavy atom. The molecule has 1 aromatic rings. The van der Waals surface area contributed by atoms with Crippen LogP contribution in [0.2, 0.25) is 0 Å². The van der Waals surface area contributed by atoms with Gasteiger partial charge in [-0.05, 0) is 19.1 Å². The van der Waals surface area contributed by atoms with Gasteiger partial charge in [0, 0.05) is 45.0 Å². The number of nitrogens with one attached hydrogen (secondary N) is 2. The molecule has 0 aromatic heterocycles. The van der Waals surface area contributed by atoms with Gasteiger partial charge in [0.1, 0.15) is 6.04 Å². The summed E-state index contributed by atoms with van der Waals surface area (Å²) in [6.07, 6.45) is 0.723. The van der Waals surface area contributed by atoms with E-state index in [0.29, 0.717) is 45.0 Å². The van der Waals surface area contributed by atoms with Crippen molar-refractivity contribution in [3.8, 4) is 0 Å². The lowest BCUT2D eigenvalue weighted by Gasteiger charge is -2.37. The molecule has 0 aliphatic carbocycles. The van der Waals surface area contributed by atoms with E-state index >= 15 is 0 Å². The minimum atomic E-state index is -0.821. The average molecular weight is 401 g/mol. The molecule has 3 rings (SSSR count). The first-order chi connectivity index (χ1) is 14.0. The number of nitrogens with zero attached hydrogens (tertiary/aromatic N) is 3. The van der Waals surface area contributed by atoms with Gasteiger partial charge in [-0.2, -0.15) is 0 Å². The molecule has 2 aliphatic rings. The molecule has 0 spiro atoms. The van der Waals surface area contributed by atoms with Crippen molar-refractivity contribution in [1.82, 2.24) is 20.0 Å². The van der Waals surface area contributed by atoms with Crippen molar-refractivity contribution in [3.63, 3.8) is 0 Å². The third kappa shape index (κ3) is 5.54. The number of hydrogen-bond donors (Lipinski definition) is 2. The zero-order valence-electron chi connectivity index (χ0n) is 16.6. The van der Waals surface area contributed by atoms with E-state index in [1.807, 2.05) is 24.0 Å². The molecular weight excluding hydrogens is 374 g/mol. The molecule has 156 valence electrons. The van der Waals surface area contributed by atoms with E-state index in [-0.39, 0.29) is 30.7 Å². The summed E-state index contributed by atoms with van der Waals surface area (Å²) < 4.78 is 0. The van der Waals surface area contributed by atoms with E-state index in [1.54, 1.807) is 17.0 Å². The quantitative estimate of drug-likeness (QED) is 0.622. The molecular formula is C20H27N5O4. The number of amides is 4. The molecule has 2 N–H and O–H groups in total. The molecule has 0 bridgehead atoms. The Bertz CT molecular complexity index is 759. The van der Waals surface area contributed by atoms with Gasteiger partial charge in [0.05, 0.1) is 13.0 Å². The van der Waals surface area contributed by atoms with Crippen molar-refractivity contribution in [3.05, 3.63) is 29.8 Å². The molecule has 4 amide bonds. The van der Waals surface area contributed by atoms with Crippen molar-refractivity contribution in [2.24, 2.45) is 0 Å². The third-order valence-electron chi connectivity index (χ3n) is 5.28. The highest BCUT2D eigenvalue weighted by Crippen LogP contribution is 2.14. The zero-order valence-corrected chi connectivity index (χ0v) is 16.6. The highest BCUT2D eigenvalue weighted by molar-refractivity contribution is 5.97. The topological polar surface area (TPSA) is 102 Å². The molecule has 9 heteroatoms. The number of carbonyl (C=O) groups is 4. The number of piperazine rings is 2. The van der Waals surface area contributed by atoms with Crippen LogP contribution in [0.1, 0.15) is 12.0 Å². The predicted molar refractivity (Wildman–Crippen MR) is 107 cm³/mol. The van der Waals surface area contributed by atoms with Crippen molar-refractivity contribution in [1.29, 1.82) is 0 Å². The van der Waals surface area contributed by atoms with Crippen LogP contribution in [0, 0.1) is 6.92 Å². The second-order valence-electron chi connectivity index (χ2n) is 7.43. The first-order valence-electron chi connectivity index (χ1n) is 9.81. The molecule has 29 heavy (non-hydrogen) atoms. The summed E-state index contributed by atoms with van der Waals surface area (Å²) in [5.74, 6) is -0.796. The van der Waals surface area contributed by atoms with Crippen molar-refractivity contribution < 1.29 is 19.2 Å². The highest BCUT2D eigenvalue weighted by Gasteiger charge is 2.35. The summed E-state index contributed by atoms with van der Waals surface area (Å²) in [6.45, 7) is 5.28. The summed E-state index contributed by atoms with van der Waals surface area (Å²) in [5.41, 5.74) is 1.74. The second kappa shape index (κ2) is 9.51. The van der Waals surface area contributed by atoms with Gasteiger partial charge < -0.3 is 20.4 Å². The van der Waals surface area contributed by atoms with E-state index in [4.69, 9.17) is 0 Å². The maximum atomic E-state index is 12.8. The van der Waals surface area contributed by atoms with Gasteiger partial charge in [-0.15, -0.1) is 0 Å². The molecule has 2 aliphatic heterocycles. The standard InChI is InChI=1S/C20H27N5O4/c1-15-2-4-16(5-3-15)22-18(27)12-17-20(29)21-6-7-25(17)19(28)13-23-8-10-24(14-26)11-9-23/h2-5,14,17H,6-13H2,1H3,(H,21,29)(H,22,27)/t17-/m0/s1. The smallest absolute Gasteiger partial charge is 0.243 e. The number of carbonyl (C=O) groups excluding carboxylic acids is 4. The second-order valence-corrected chi connectivity index (χ2v) is 7.43. The molecule has 1 aromatic carbocycles. The fourth-order valence-electron chi connectivity index (χ4n) is 3.55. The Kier molecular flexibility index (Phi) is 6.82. The summed E-state index contributed by atoms with van der Waals surface area (Å²) in [4.78, 5) is 53.6. The molecule has 2 saturated heterocycles. The lowest BCUT2D eigenvalue weighted by Crippen LogP contribution is -2.60. The van der Waals surface area contributed by atoms with Gasteiger partial charge in [0.15, 0.2) is 0 Å². The Hall–Kier alpha value is -2.94. The molecule has 2 fully saturated rings. The molecule has 2 heterocycles. The van der Waals surface area contributed by atoms with Crippen LogP contribution in [0.4, 0.5) is 5.69 Å². The lowest BCUT2D eigenvalue weighted by molar-refractivity contribution is -0.145. The van der Waals surface area contributed by atoms with Crippen molar-refractivity contribution in [2.75, 3.05) is 51.1 Å². The van der Waals surface area contributed by atoms with Crippen LogP contribution in [0.3, 0.4) is 0 Å². The summed E-state index contributed by atoms with van der Waals surface area (Å²) in [7, 11) is 0. The van der Waals surface area contributed by atoms with Crippen molar-refractivity contribution >= 4 is 29.8 Å². The fourth-order valence-corrected chi connectivity index (χ4v) is 3.55. The maximum Gasteiger partial charge on any atom is 0.243 e. The number of benzene rings is 1. The minimum Gasteiger partial charge on any atom is -0.353 e. The predicted octanol–water partition coefficient (Wildman–Crippen LogP) is -0.575. The summed E-state index contributed by atoms with van der Waals surface area (Å²) in [5, 5.41) is 5.52. The largest absolute Gasteiger partial charge is 0.353 e. The van der Waals surface area contributed by atoms with Gasteiger partial charge in [0.2, 0.25) is 24.1 Å². The molecule has 0 unspecified atom stereocenters. The molecule has 1 atom stereocenters. The maximum absolute atomic E-state index is 12.8. The van der Waals surface area contributed by atoms with Crippen LogP contribution in [0.15, 0.2) is 24.3 Å². The monoisotopic (exact) mass is 401 g/mol. The third-order valence-corrected chi connectivity index (χ3v) is 5.28. The number of rotatable bonds is 6. The summed E-state index contributed by atoms with van der Waals surface area (Å²) >= 11 is 0. The summed E-state index contributed by atoms with van der Waals surface area (Å²) in [6, 6.07) is 6.57. The van der Waals surface area contributed by atoms with Crippen LogP contribution in [0.5, 0.6) is 0 Å². The highest BCUT2D eigenvalue weighted by atomic mass is 16.2. The van der Waals surface area contributed by atoms with Gasteiger partial charge in [-0.3, -0.25) is 24.1 Å². The minimum absolute atomic E-state index is 0.0929. The van der Waals surface area contributed by atoms with Crippen LogP contribution >= 0.6 is 0 Å². The number of anilines is 1. The lowest BCUT2D eigenvalue weighted by atomic mass is 10.1. The zero-order chi connectivity index (χ0) is 20.8. The van der Waals surface area contributed by atoms with E-state index < -0.39 is 6.04 Å². The molecule has 9 nitrogen and oxygen atoms in total. The van der Waals surface area contributed by atoms with E-state index in [1.165, 1.54) is 4.90 Å². The van der Waals surface area contributed by atoms with Gasteiger partial charge in [-0.1, -0.05) is 17.7 Å². The first kappa shape index (κ1) is 20.8. The Morgan fingerprint density at radius 1 is 1.14 bits per heavy atom. The van der Waals surface area contributed by atoms with E-state index in [0.717, 1.165) is 12.0 Å².